The molecule has 5 atom stereocenters. The standard InChI is InChI=1S/C39H62N6O9/c1-23(2)18-27(31(47)34(49)40-20-29(46)42-30(35(50)44(11)12)25-16-14-13-15-17-25)41-33(48)28-19-26(54-39(8,9)10)21-45(28)36(51)32(38(5,6)7)43-37(52)53-22-24(3)4/h13-17,23-24,26-28,30,32H,18-22H2,1-12H3,(H,40,49)(H,41,48)(H,42,46)(H,43,52). The molecule has 1 aromatic rings. The summed E-state index contributed by atoms with van der Waals surface area (Å²) in [5.41, 5.74) is -0.842. The van der Waals surface area contributed by atoms with Crippen LogP contribution in [-0.2, 0) is 38.2 Å². The average molecular weight is 759 g/mol. The topological polar surface area (TPSA) is 193 Å². The molecule has 15 nitrogen and oxygen atoms in total. The van der Waals surface area contributed by atoms with E-state index in [0.717, 1.165) is 0 Å². The normalized spacial score (nSPS) is 17.6. The molecule has 0 aliphatic carbocycles. The summed E-state index contributed by atoms with van der Waals surface area (Å²) in [7, 11) is 3.11. The van der Waals surface area contributed by atoms with Crippen LogP contribution in [-0.4, -0.2) is 115 Å². The van der Waals surface area contributed by atoms with Crippen molar-refractivity contribution < 1.29 is 43.0 Å². The predicted octanol–water partition coefficient (Wildman–Crippen LogP) is 2.73. The van der Waals surface area contributed by atoms with Crippen LogP contribution >= 0.6 is 0 Å². The van der Waals surface area contributed by atoms with Crippen molar-refractivity contribution in [1.29, 1.82) is 0 Å². The SMILES string of the molecule is CC(C)COC(=O)NC(C(=O)N1CC(OC(C)(C)C)CC1C(=O)NC(CC(C)C)C(=O)C(=O)NCC(=O)NC(C(=O)N(C)C)c1ccccc1)C(C)(C)C. The van der Waals surface area contributed by atoms with Crippen LogP contribution in [0.25, 0.3) is 0 Å². The first-order valence-corrected chi connectivity index (χ1v) is 18.5. The second-order valence-corrected chi connectivity index (χ2v) is 16.9. The van der Waals surface area contributed by atoms with Crippen LogP contribution in [0.15, 0.2) is 30.3 Å². The zero-order chi connectivity index (χ0) is 41.1. The fourth-order valence-corrected chi connectivity index (χ4v) is 5.87. The minimum absolute atomic E-state index is 0.0438. The number of carbonyl (C=O) groups is 7. The zero-order valence-corrected chi connectivity index (χ0v) is 34.0. The molecule has 6 amide bonds. The van der Waals surface area contributed by atoms with Crippen LogP contribution in [0.3, 0.4) is 0 Å². The first-order valence-electron chi connectivity index (χ1n) is 18.5. The molecule has 1 fully saturated rings. The molecule has 302 valence electrons. The summed E-state index contributed by atoms with van der Waals surface area (Å²) in [6.07, 6.45) is -1.11. The molecule has 0 spiro atoms. The number of hydrogen-bond acceptors (Lipinski definition) is 9. The summed E-state index contributed by atoms with van der Waals surface area (Å²) in [4.78, 5) is 96.1. The molecule has 0 saturated carbocycles. The smallest absolute Gasteiger partial charge is 0.407 e. The van der Waals surface area contributed by atoms with Gasteiger partial charge in [0, 0.05) is 27.1 Å². The van der Waals surface area contributed by atoms with Crippen molar-refractivity contribution in [2.75, 3.05) is 33.8 Å². The van der Waals surface area contributed by atoms with Gasteiger partial charge in [-0.2, -0.15) is 0 Å². The van der Waals surface area contributed by atoms with E-state index in [9.17, 15) is 33.6 Å². The molecule has 1 aromatic carbocycles. The lowest BCUT2D eigenvalue weighted by atomic mass is 9.85. The van der Waals surface area contributed by atoms with Crippen molar-refractivity contribution in [2.45, 2.75) is 118 Å². The fraction of sp³-hybridized carbons (Fsp3) is 0.667. The van der Waals surface area contributed by atoms with Gasteiger partial charge in [0.2, 0.25) is 29.4 Å². The van der Waals surface area contributed by atoms with E-state index in [2.05, 4.69) is 21.3 Å². The number of ketones is 1. The molecule has 0 aromatic heterocycles. The van der Waals surface area contributed by atoms with Crippen LogP contribution in [0.1, 0.15) is 93.7 Å². The van der Waals surface area contributed by atoms with Gasteiger partial charge in [-0.1, -0.05) is 78.8 Å². The van der Waals surface area contributed by atoms with E-state index in [1.807, 2.05) is 48.5 Å². The number of benzene rings is 1. The molecular formula is C39H62N6O9. The summed E-state index contributed by atoms with van der Waals surface area (Å²) in [6.45, 7) is 17.9. The lowest BCUT2D eigenvalue weighted by molar-refractivity contribution is -0.144. The fourth-order valence-electron chi connectivity index (χ4n) is 5.87. The number of likely N-dealkylation sites (tertiary alicyclic amines) is 1. The monoisotopic (exact) mass is 758 g/mol. The van der Waals surface area contributed by atoms with Crippen LogP contribution in [0, 0.1) is 17.3 Å². The summed E-state index contributed by atoms with van der Waals surface area (Å²) >= 11 is 0. The van der Waals surface area contributed by atoms with Crippen LogP contribution in [0.5, 0.6) is 0 Å². The molecule has 1 aliphatic rings. The second kappa shape index (κ2) is 19.7. The number of amides is 6. The molecule has 1 aliphatic heterocycles. The molecule has 1 heterocycles. The third-order valence-electron chi connectivity index (χ3n) is 8.39. The van der Waals surface area contributed by atoms with Gasteiger partial charge in [-0.3, -0.25) is 28.8 Å². The van der Waals surface area contributed by atoms with Gasteiger partial charge in [-0.25, -0.2) is 4.79 Å². The van der Waals surface area contributed by atoms with Crippen LogP contribution < -0.4 is 21.3 Å². The third-order valence-corrected chi connectivity index (χ3v) is 8.39. The molecule has 54 heavy (non-hydrogen) atoms. The van der Waals surface area contributed by atoms with Gasteiger partial charge in [0.05, 0.1) is 30.9 Å². The Bertz CT molecular complexity index is 1480. The molecule has 2 rings (SSSR count). The van der Waals surface area contributed by atoms with E-state index >= 15 is 0 Å². The maximum atomic E-state index is 14.2. The first kappa shape index (κ1) is 45.6. The Morgan fingerprint density at radius 3 is 2.00 bits per heavy atom. The van der Waals surface area contributed by atoms with Gasteiger partial charge in [0.25, 0.3) is 5.91 Å². The Hall–Kier alpha value is -4.53. The highest BCUT2D eigenvalue weighted by atomic mass is 16.5. The van der Waals surface area contributed by atoms with E-state index in [0.29, 0.717) is 5.56 Å². The Kier molecular flexibility index (Phi) is 16.6. The highest BCUT2D eigenvalue weighted by molar-refractivity contribution is 6.38. The third kappa shape index (κ3) is 14.4. The summed E-state index contributed by atoms with van der Waals surface area (Å²) in [5, 5.41) is 10.3. The number of likely N-dealkylation sites (N-methyl/N-ethyl adjacent to an activating group) is 1. The molecule has 4 N–H and O–H groups in total. The van der Waals surface area contributed by atoms with Crippen molar-refractivity contribution in [3.8, 4) is 0 Å². The average Bonchev–Trinajstić information content (AvgIpc) is 3.48. The highest BCUT2D eigenvalue weighted by Crippen LogP contribution is 2.29. The van der Waals surface area contributed by atoms with E-state index in [1.165, 1.54) is 9.80 Å². The van der Waals surface area contributed by atoms with Crippen LogP contribution in [0.2, 0.25) is 0 Å². The number of alkyl carbamates (subject to hydrolysis) is 1. The molecule has 5 unspecified atom stereocenters. The summed E-state index contributed by atoms with van der Waals surface area (Å²) < 4.78 is 11.5. The molecule has 0 bridgehead atoms. The summed E-state index contributed by atoms with van der Waals surface area (Å²) in [5.74, 6) is -4.42. The molecule has 1 saturated heterocycles. The van der Waals surface area contributed by atoms with Crippen molar-refractivity contribution in [2.24, 2.45) is 17.3 Å². The lowest BCUT2D eigenvalue weighted by Crippen LogP contribution is -2.59. The number of carbonyl (C=O) groups excluding carboxylic acids is 7. The lowest BCUT2D eigenvalue weighted by Gasteiger charge is -2.35. The number of Topliss-reactive ketones (excluding diaryl/α,β-unsaturated/α-hetero) is 1. The number of hydrogen-bond donors (Lipinski definition) is 4. The quantitative estimate of drug-likeness (QED) is 0.184. The Morgan fingerprint density at radius 1 is 0.870 bits per heavy atom. The van der Waals surface area contributed by atoms with E-state index < -0.39 is 83.3 Å². The van der Waals surface area contributed by atoms with Crippen LogP contribution in [0.4, 0.5) is 4.79 Å². The first-order chi connectivity index (χ1) is 24.9. The molecular weight excluding hydrogens is 696 g/mol. The Labute approximate surface area is 320 Å². The number of rotatable bonds is 16. The van der Waals surface area contributed by atoms with Crippen molar-refractivity contribution >= 4 is 41.4 Å². The van der Waals surface area contributed by atoms with E-state index in [-0.39, 0.29) is 43.7 Å². The van der Waals surface area contributed by atoms with Crippen molar-refractivity contribution in [3.05, 3.63) is 35.9 Å². The minimum atomic E-state index is -1.28. The van der Waals surface area contributed by atoms with Crippen molar-refractivity contribution in [3.63, 3.8) is 0 Å². The number of nitrogens with one attached hydrogen (secondary N) is 4. The Balaban J connectivity index is 2.27. The minimum Gasteiger partial charge on any atom is -0.449 e. The van der Waals surface area contributed by atoms with Gasteiger partial charge in [-0.15, -0.1) is 0 Å². The number of ether oxygens (including phenoxy) is 2. The van der Waals surface area contributed by atoms with Gasteiger partial charge in [0.1, 0.15) is 18.1 Å². The summed E-state index contributed by atoms with van der Waals surface area (Å²) in [6, 6.07) is 4.13. The maximum absolute atomic E-state index is 14.2. The maximum Gasteiger partial charge on any atom is 0.407 e. The van der Waals surface area contributed by atoms with Gasteiger partial charge < -0.3 is 40.5 Å². The molecule has 15 heteroatoms. The predicted molar refractivity (Wildman–Crippen MR) is 203 cm³/mol. The Morgan fingerprint density at radius 2 is 1.48 bits per heavy atom. The van der Waals surface area contributed by atoms with E-state index in [4.69, 9.17) is 9.47 Å². The molecule has 0 radical (unpaired) electrons. The zero-order valence-electron chi connectivity index (χ0n) is 34.0. The van der Waals surface area contributed by atoms with Gasteiger partial charge in [-0.05, 0) is 50.0 Å². The van der Waals surface area contributed by atoms with Crippen molar-refractivity contribution in [1.82, 2.24) is 31.1 Å². The van der Waals surface area contributed by atoms with E-state index in [1.54, 1.807) is 65.2 Å². The second-order valence-electron chi connectivity index (χ2n) is 16.9. The largest absolute Gasteiger partial charge is 0.449 e. The van der Waals surface area contributed by atoms with Gasteiger partial charge in [0.15, 0.2) is 0 Å². The van der Waals surface area contributed by atoms with Gasteiger partial charge >= 0.3 is 6.09 Å². The highest BCUT2D eigenvalue weighted by Gasteiger charge is 2.47. The number of nitrogens with zero attached hydrogens (tertiary/aromatic N) is 2.